The van der Waals surface area contributed by atoms with E-state index >= 15 is 0 Å². The summed E-state index contributed by atoms with van der Waals surface area (Å²) in [6, 6.07) is 19.6. The number of fused-ring (bicyclic) bond motifs is 1. The van der Waals surface area contributed by atoms with E-state index < -0.39 is 0 Å². The Kier molecular flexibility index (Phi) is 9.51. The highest BCUT2D eigenvalue weighted by molar-refractivity contribution is 7.80. The molecular formula is C27H36ClN5S. The van der Waals surface area contributed by atoms with E-state index in [0.29, 0.717) is 0 Å². The van der Waals surface area contributed by atoms with Crippen molar-refractivity contribution in [2.24, 2.45) is 0 Å². The molecule has 0 unspecified atom stereocenters. The maximum absolute atomic E-state index is 5.55. The quantitative estimate of drug-likeness (QED) is 0.460. The summed E-state index contributed by atoms with van der Waals surface area (Å²) in [7, 11) is 0. The van der Waals surface area contributed by atoms with Gasteiger partial charge in [-0.25, -0.2) is 0 Å². The van der Waals surface area contributed by atoms with Crippen molar-refractivity contribution in [3.63, 3.8) is 0 Å². The van der Waals surface area contributed by atoms with Crippen molar-refractivity contribution in [3.05, 3.63) is 65.9 Å². The highest BCUT2D eigenvalue weighted by Gasteiger charge is 2.19. The minimum atomic E-state index is 0. The third-order valence-corrected chi connectivity index (χ3v) is 6.75. The third kappa shape index (κ3) is 6.17. The van der Waals surface area contributed by atoms with E-state index in [2.05, 4.69) is 95.4 Å². The van der Waals surface area contributed by atoms with Crippen LogP contribution in [0.15, 0.2) is 54.6 Å². The molecule has 7 heteroatoms. The molecule has 2 heterocycles. The maximum atomic E-state index is 5.55. The zero-order valence-corrected chi connectivity index (χ0v) is 22.1. The number of piperazine rings is 1. The predicted molar refractivity (Wildman–Crippen MR) is 152 cm³/mol. The molecule has 3 aromatic rings. The van der Waals surface area contributed by atoms with Gasteiger partial charge in [-0.2, -0.15) is 0 Å². The van der Waals surface area contributed by atoms with Crippen molar-refractivity contribution in [2.45, 2.75) is 27.2 Å². The topological polar surface area (TPSA) is 34.6 Å². The van der Waals surface area contributed by atoms with Crippen LogP contribution in [0.4, 0.5) is 11.4 Å². The Balaban J connectivity index is 0.00000324. The molecule has 1 aromatic heterocycles. The largest absolute Gasteiger partial charge is 0.368 e. The Morgan fingerprint density at radius 1 is 1.03 bits per heavy atom. The van der Waals surface area contributed by atoms with Crippen LogP contribution in [-0.2, 0) is 6.42 Å². The second-order valence-corrected chi connectivity index (χ2v) is 9.01. The Labute approximate surface area is 215 Å². The van der Waals surface area contributed by atoms with Crippen molar-refractivity contribution in [1.29, 1.82) is 0 Å². The summed E-state index contributed by atoms with van der Waals surface area (Å²) in [6.07, 6.45) is 1.05. The second kappa shape index (κ2) is 12.3. The Morgan fingerprint density at radius 3 is 2.53 bits per heavy atom. The van der Waals surface area contributed by atoms with Gasteiger partial charge in [-0.3, -0.25) is 9.88 Å². The van der Waals surface area contributed by atoms with Gasteiger partial charge in [-0.1, -0.05) is 18.2 Å². The lowest BCUT2D eigenvalue weighted by atomic mass is 10.1. The molecular weight excluding hydrogens is 462 g/mol. The number of benzene rings is 2. The van der Waals surface area contributed by atoms with Gasteiger partial charge >= 0.3 is 0 Å². The summed E-state index contributed by atoms with van der Waals surface area (Å²) in [6.45, 7) is 13.3. The number of aryl methyl sites for hydroxylation is 1. The van der Waals surface area contributed by atoms with Gasteiger partial charge in [0.15, 0.2) is 5.11 Å². The predicted octanol–water partition coefficient (Wildman–Crippen LogP) is 5.05. The molecule has 1 aliphatic heterocycles. The summed E-state index contributed by atoms with van der Waals surface area (Å²) in [4.78, 5) is 12.0. The number of halogens is 1. The molecule has 2 aromatic carbocycles. The first kappa shape index (κ1) is 26.2. The lowest BCUT2D eigenvalue weighted by Gasteiger charge is -2.36. The van der Waals surface area contributed by atoms with Crippen molar-refractivity contribution in [1.82, 2.24) is 15.2 Å². The molecule has 0 aliphatic carbocycles. The number of rotatable bonds is 7. The minimum absolute atomic E-state index is 0. The molecule has 0 bridgehead atoms. The first-order valence-electron chi connectivity index (χ1n) is 12.1. The van der Waals surface area contributed by atoms with Gasteiger partial charge in [0, 0.05) is 68.3 Å². The molecule has 1 N–H and O–H groups in total. The molecule has 1 aliphatic rings. The van der Waals surface area contributed by atoms with E-state index in [1.807, 2.05) is 0 Å². The number of hydrogen-bond donors (Lipinski definition) is 1. The molecule has 182 valence electrons. The Bertz CT molecular complexity index is 1100. The van der Waals surface area contributed by atoms with E-state index in [9.17, 15) is 0 Å². The van der Waals surface area contributed by atoms with Crippen molar-refractivity contribution in [3.8, 4) is 0 Å². The summed E-state index contributed by atoms with van der Waals surface area (Å²) in [5.41, 5.74) is 6.00. The Morgan fingerprint density at radius 2 is 1.79 bits per heavy atom. The van der Waals surface area contributed by atoms with Gasteiger partial charge in [0.1, 0.15) is 0 Å². The van der Waals surface area contributed by atoms with Gasteiger partial charge in [-0.05, 0) is 81.4 Å². The van der Waals surface area contributed by atoms with Crippen LogP contribution in [0.2, 0.25) is 0 Å². The normalized spacial score (nSPS) is 14.0. The average Bonchev–Trinajstić information content (AvgIpc) is 2.83. The van der Waals surface area contributed by atoms with E-state index in [4.69, 9.17) is 17.2 Å². The van der Waals surface area contributed by atoms with Gasteiger partial charge in [0.2, 0.25) is 0 Å². The molecule has 5 nitrogen and oxygen atoms in total. The second-order valence-electron chi connectivity index (χ2n) is 8.62. The molecule has 1 saturated heterocycles. The first-order chi connectivity index (χ1) is 16.1. The number of nitrogens with one attached hydrogen (secondary N) is 1. The fourth-order valence-corrected chi connectivity index (χ4v) is 4.96. The molecule has 0 saturated carbocycles. The summed E-state index contributed by atoms with van der Waals surface area (Å²) >= 11 is 5.55. The lowest BCUT2D eigenvalue weighted by molar-refractivity contribution is 0.261. The minimum Gasteiger partial charge on any atom is -0.368 e. The van der Waals surface area contributed by atoms with Crippen LogP contribution in [0.3, 0.4) is 0 Å². The van der Waals surface area contributed by atoms with E-state index in [1.165, 1.54) is 22.3 Å². The van der Waals surface area contributed by atoms with Gasteiger partial charge in [0.05, 0.1) is 5.52 Å². The molecule has 34 heavy (non-hydrogen) atoms. The molecule has 0 radical (unpaired) electrons. The maximum Gasteiger partial charge on any atom is 0.173 e. The van der Waals surface area contributed by atoms with Crippen molar-refractivity contribution < 1.29 is 0 Å². The average molecular weight is 498 g/mol. The van der Waals surface area contributed by atoms with Crippen LogP contribution in [-0.4, -0.2) is 60.8 Å². The van der Waals surface area contributed by atoms with E-state index in [0.717, 1.165) is 68.6 Å². The van der Waals surface area contributed by atoms with Crippen LogP contribution >= 0.6 is 24.6 Å². The van der Waals surface area contributed by atoms with E-state index in [1.54, 1.807) is 0 Å². The van der Waals surface area contributed by atoms with Crippen LogP contribution < -0.4 is 15.1 Å². The van der Waals surface area contributed by atoms with Crippen LogP contribution in [0.1, 0.15) is 25.1 Å². The Hall–Kier alpha value is -2.41. The number of anilines is 2. The standard InChI is InChI=1S/C27H35N5S.ClH/c1-4-28-27(33)32(5-2)23-9-6-8-22(20-23)14-15-30-16-18-31(19-17-30)26-11-7-10-25-24(26)13-12-21(3)29-25;/h6-13,20H,4-5,14-19H2,1-3H3,(H,28,33);1H. The summed E-state index contributed by atoms with van der Waals surface area (Å²) < 4.78 is 0. The van der Waals surface area contributed by atoms with Crippen LogP contribution in [0, 0.1) is 6.92 Å². The number of hydrogen-bond acceptors (Lipinski definition) is 4. The van der Waals surface area contributed by atoms with Crippen LogP contribution in [0.25, 0.3) is 10.9 Å². The number of pyridine rings is 1. The highest BCUT2D eigenvalue weighted by atomic mass is 35.5. The van der Waals surface area contributed by atoms with Gasteiger partial charge in [-0.15, -0.1) is 12.4 Å². The van der Waals surface area contributed by atoms with Gasteiger partial charge in [0.25, 0.3) is 0 Å². The SMILES string of the molecule is CCNC(=S)N(CC)c1cccc(CCN2CCN(c3cccc4nc(C)ccc34)CC2)c1.Cl. The fraction of sp³-hybridized carbons (Fsp3) is 0.407. The highest BCUT2D eigenvalue weighted by Crippen LogP contribution is 2.27. The lowest BCUT2D eigenvalue weighted by Crippen LogP contribution is -2.47. The number of aromatic nitrogens is 1. The van der Waals surface area contributed by atoms with Crippen molar-refractivity contribution >= 4 is 52.0 Å². The summed E-state index contributed by atoms with van der Waals surface area (Å²) in [5.74, 6) is 0. The zero-order chi connectivity index (χ0) is 23.2. The summed E-state index contributed by atoms with van der Waals surface area (Å²) in [5, 5.41) is 5.32. The smallest absolute Gasteiger partial charge is 0.173 e. The molecule has 0 atom stereocenters. The van der Waals surface area contributed by atoms with Crippen LogP contribution in [0.5, 0.6) is 0 Å². The fourth-order valence-electron chi connectivity index (χ4n) is 4.59. The first-order valence-corrected chi connectivity index (χ1v) is 12.5. The molecule has 0 spiro atoms. The molecule has 4 rings (SSSR count). The third-order valence-electron chi connectivity index (χ3n) is 6.39. The van der Waals surface area contributed by atoms with Crippen molar-refractivity contribution in [2.75, 3.05) is 55.6 Å². The number of nitrogens with zero attached hydrogens (tertiary/aromatic N) is 4. The van der Waals surface area contributed by atoms with E-state index in [-0.39, 0.29) is 12.4 Å². The zero-order valence-electron chi connectivity index (χ0n) is 20.5. The monoisotopic (exact) mass is 497 g/mol. The molecule has 1 fully saturated rings. The number of thiocarbonyl (C=S) groups is 1. The van der Waals surface area contributed by atoms with Gasteiger partial charge < -0.3 is 15.1 Å². The molecule has 0 amide bonds.